The molecule has 1 aromatic rings. The Labute approximate surface area is 82.1 Å². The summed E-state index contributed by atoms with van der Waals surface area (Å²) in [6.45, 7) is 0.242. The van der Waals surface area contributed by atoms with Crippen molar-refractivity contribution >= 4 is 17.9 Å². The lowest BCUT2D eigenvalue weighted by molar-refractivity contribution is 0.169. The average Bonchev–Trinajstić information content (AvgIpc) is 2.15. The number of thiol groups is 1. The lowest BCUT2D eigenvalue weighted by Crippen LogP contribution is -1.94. The normalized spacial score (nSPS) is 9.38. The highest BCUT2D eigenvalue weighted by molar-refractivity contribution is 7.96. The van der Waals surface area contributed by atoms with Crippen LogP contribution in [0.4, 0.5) is 4.79 Å². The third-order valence-electron chi connectivity index (χ3n) is 1.52. The van der Waals surface area contributed by atoms with Crippen molar-refractivity contribution < 1.29 is 14.3 Å². The van der Waals surface area contributed by atoms with Crippen LogP contribution in [-0.2, 0) is 11.3 Å². The third-order valence-corrected chi connectivity index (χ3v) is 1.65. The molecule has 0 saturated heterocycles. The minimum atomic E-state index is -0.573. The van der Waals surface area contributed by atoms with E-state index in [0.29, 0.717) is 0 Å². The van der Waals surface area contributed by atoms with Crippen LogP contribution >= 0.6 is 12.6 Å². The van der Waals surface area contributed by atoms with Crippen molar-refractivity contribution in [1.29, 1.82) is 0 Å². The van der Waals surface area contributed by atoms with E-state index in [1.54, 1.807) is 7.11 Å². The monoisotopic (exact) mass is 198 g/mol. The minimum Gasteiger partial charge on any atom is -0.497 e. The first kappa shape index (κ1) is 9.92. The van der Waals surface area contributed by atoms with Crippen molar-refractivity contribution in [3.8, 4) is 5.75 Å². The first-order valence-corrected chi connectivity index (χ1v) is 4.16. The van der Waals surface area contributed by atoms with Gasteiger partial charge in [0.2, 0.25) is 0 Å². The Kier molecular flexibility index (Phi) is 3.64. The van der Waals surface area contributed by atoms with Crippen LogP contribution < -0.4 is 4.74 Å². The van der Waals surface area contributed by atoms with E-state index in [2.05, 4.69) is 17.4 Å². The van der Waals surface area contributed by atoms with Crippen molar-refractivity contribution in [2.45, 2.75) is 6.61 Å². The van der Waals surface area contributed by atoms with E-state index in [9.17, 15) is 4.79 Å². The summed E-state index contributed by atoms with van der Waals surface area (Å²) < 4.78 is 9.66. The summed E-state index contributed by atoms with van der Waals surface area (Å²) in [5, 5.41) is -0.573. The van der Waals surface area contributed by atoms with Gasteiger partial charge in [-0.25, -0.2) is 4.79 Å². The number of benzene rings is 1. The summed E-state index contributed by atoms with van der Waals surface area (Å²) >= 11 is 3.48. The van der Waals surface area contributed by atoms with Gasteiger partial charge in [-0.3, -0.25) is 0 Å². The number of carbonyl (C=O) groups excluding carboxylic acids is 1. The Hall–Kier alpha value is -1.16. The fourth-order valence-electron chi connectivity index (χ4n) is 0.867. The third kappa shape index (κ3) is 3.38. The van der Waals surface area contributed by atoms with Gasteiger partial charge in [-0.2, -0.15) is 0 Å². The fraction of sp³-hybridized carbons (Fsp3) is 0.222. The molecule has 0 saturated carbocycles. The molecule has 13 heavy (non-hydrogen) atoms. The van der Waals surface area contributed by atoms with Crippen LogP contribution in [0.5, 0.6) is 5.75 Å². The molecule has 0 amide bonds. The number of hydrogen-bond acceptors (Lipinski definition) is 3. The minimum absolute atomic E-state index is 0.242. The molecule has 1 rings (SSSR count). The quantitative estimate of drug-likeness (QED) is 0.597. The molecule has 4 heteroatoms. The second-order valence-electron chi connectivity index (χ2n) is 2.40. The standard InChI is InChI=1S/C9H10O3S/c1-11-8-4-2-7(3-5-8)6-12-9(10)13/h2-5H,6H2,1H3,(H,10,13). The van der Waals surface area contributed by atoms with Gasteiger partial charge < -0.3 is 9.47 Å². The topological polar surface area (TPSA) is 35.5 Å². The first-order valence-electron chi connectivity index (χ1n) is 3.71. The molecule has 70 valence electrons. The van der Waals surface area contributed by atoms with Crippen LogP contribution in [0.25, 0.3) is 0 Å². The van der Waals surface area contributed by atoms with Gasteiger partial charge in [0, 0.05) is 0 Å². The van der Waals surface area contributed by atoms with Crippen LogP contribution in [0.1, 0.15) is 5.56 Å². The van der Waals surface area contributed by atoms with E-state index in [0.717, 1.165) is 11.3 Å². The number of methoxy groups -OCH3 is 1. The maximum absolute atomic E-state index is 10.4. The van der Waals surface area contributed by atoms with Gasteiger partial charge in [-0.05, 0) is 17.7 Å². The maximum Gasteiger partial charge on any atom is 0.364 e. The van der Waals surface area contributed by atoms with Crippen LogP contribution in [0, 0.1) is 0 Å². The Morgan fingerprint density at radius 1 is 1.38 bits per heavy atom. The molecule has 1 aromatic carbocycles. The molecular formula is C9H10O3S. The summed E-state index contributed by atoms with van der Waals surface area (Å²) in [5.41, 5.74) is 0.906. The zero-order chi connectivity index (χ0) is 9.68. The van der Waals surface area contributed by atoms with Crippen molar-refractivity contribution in [2.24, 2.45) is 0 Å². The molecule has 0 spiro atoms. The van der Waals surface area contributed by atoms with Crippen LogP contribution in [0.2, 0.25) is 0 Å². The summed E-state index contributed by atoms with van der Waals surface area (Å²) in [6.07, 6.45) is 0. The average molecular weight is 198 g/mol. The molecule has 0 aromatic heterocycles. The smallest absolute Gasteiger partial charge is 0.364 e. The highest BCUT2D eigenvalue weighted by atomic mass is 32.1. The number of rotatable bonds is 3. The Balaban J connectivity index is 2.54. The van der Waals surface area contributed by atoms with E-state index in [1.165, 1.54) is 0 Å². The van der Waals surface area contributed by atoms with E-state index in [4.69, 9.17) is 4.74 Å². The molecule has 0 aliphatic rings. The Morgan fingerprint density at radius 2 is 2.00 bits per heavy atom. The molecule has 0 heterocycles. The summed E-state index contributed by atoms with van der Waals surface area (Å²) in [6, 6.07) is 7.27. The highest BCUT2D eigenvalue weighted by Gasteiger charge is 1.97. The fourth-order valence-corrected chi connectivity index (χ4v) is 0.931. The zero-order valence-electron chi connectivity index (χ0n) is 7.19. The molecule has 0 unspecified atom stereocenters. The lowest BCUT2D eigenvalue weighted by atomic mass is 10.2. The molecule has 0 bridgehead atoms. The second-order valence-corrected chi connectivity index (χ2v) is 2.77. The SMILES string of the molecule is COc1ccc(COC(=O)S)cc1. The van der Waals surface area contributed by atoms with Gasteiger partial charge >= 0.3 is 5.30 Å². The van der Waals surface area contributed by atoms with Gasteiger partial charge in [-0.1, -0.05) is 24.8 Å². The van der Waals surface area contributed by atoms with E-state index >= 15 is 0 Å². The molecular weight excluding hydrogens is 188 g/mol. The maximum atomic E-state index is 10.4. The Bertz CT molecular complexity index is 281. The largest absolute Gasteiger partial charge is 0.497 e. The van der Waals surface area contributed by atoms with E-state index in [1.807, 2.05) is 24.3 Å². The highest BCUT2D eigenvalue weighted by Crippen LogP contribution is 2.12. The van der Waals surface area contributed by atoms with Gasteiger partial charge in [0.05, 0.1) is 7.11 Å². The molecule has 3 nitrogen and oxygen atoms in total. The van der Waals surface area contributed by atoms with Gasteiger partial charge in [0.25, 0.3) is 0 Å². The van der Waals surface area contributed by atoms with E-state index < -0.39 is 5.30 Å². The van der Waals surface area contributed by atoms with Crippen LogP contribution in [-0.4, -0.2) is 12.4 Å². The summed E-state index contributed by atoms with van der Waals surface area (Å²) in [7, 11) is 1.60. The van der Waals surface area contributed by atoms with E-state index in [-0.39, 0.29) is 6.61 Å². The zero-order valence-corrected chi connectivity index (χ0v) is 8.08. The molecule has 0 aliphatic heterocycles. The van der Waals surface area contributed by atoms with Crippen LogP contribution in [0.15, 0.2) is 24.3 Å². The van der Waals surface area contributed by atoms with Crippen LogP contribution in [0.3, 0.4) is 0 Å². The van der Waals surface area contributed by atoms with Gasteiger partial charge in [0.15, 0.2) is 0 Å². The number of hydrogen-bond donors (Lipinski definition) is 1. The molecule has 0 radical (unpaired) electrons. The second kappa shape index (κ2) is 4.77. The summed E-state index contributed by atoms with van der Waals surface area (Å²) in [5.74, 6) is 0.779. The predicted octanol–water partition coefficient (Wildman–Crippen LogP) is 2.26. The van der Waals surface area contributed by atoms with Gasteiger partial charge in [0.1, 0.15) is 12.4 Å². The van der Waals surface area contributed by atoms with Crippen molar-refractivity contribution in [3.05, 3.63) is 29.8 Å². The lowest BCUT2D eigenvalue weighted by Gasteiger charge is -2.02. The van der Waals surface area contributed by atoms with Gasteiger partial charge in [-0.15, -0.1) is 0 Å². The number of carbonyl (C=O) groups is 1. The molecule has 0 fully saturated rings. The Morgan fingerprint density at radius 3 is 2.46 bits per heavy atom. The summed E-state index contributed by atoms with van der Waals surface area (Å²) in [4.78, 5) is 10.4. The molecule has 0 atom stereocenters. The van der Waals surface area contributed by atoms with Crippen molar-refractivity contribution in [1.82, 2.24) is 0 Å². The number of ether oxygens (including phenoxy) is 2. The molecule has 0 N–H and O–H groups in total. The molecule has 0 aliphatic carbocycles. The van der Waals surface area contributed by atoms with Crippen molar-refractivity contribution in [3.63, 3.8) is 0 Å². The first-order chi connectivity index (χ1) is 6.22. The predicted molar refractivity (Wildman–Crippen MR) is 52.2 cm³/mol. The van der Waals surface area contributed by atoms with Crippen molar-refractivity contribution in [2.75, 3.05) is 7.11 Å².